The maximum Gasteiger partial charge on any atom is 0.0492 e. The fourth-order valence-electron chi connectivity index (χ4n) is 0.456. The SMILES string of the molecule is C[N]C1CNC1. The lowest BCUT2D eigenvalue weighted by Gasteiger charge is -2.24. The third-order valence-corrected chi connectivity index (χ3v) is 1.13. The summed E-state index contributed by atoms with van der Waals surface area (Å²) in [5.74, 6) is 0. The van der Waals surface area contributed by atoms with E-state index in [2.05, 4.69) is 10.6 Å². The quantitative estimate of drug-likeness (QED) is 0.443. The van der Waals surface area contributed by atoms with Gasteiger partial charge in [-0.1, -0.05) is 0 Å². The highest BCUT2D eigenvalue weighted by Crippen LogP contribution is 1.87. The lowest BCUT2D eigenvalue weighted by atomic mass is 10.2. The molecule has 1 aliphatic heterocycles. The van der Waals surface area contributed by atoms with E-state index in [4.69, 9.17) is 0 Å². The van der Waals surface area contributed by atoms with Gasteiger partial charge in [0.05, 0.1) is 0 Å². The molecule has 0 aromatic rings. The zero-order valence-corrected chi connectivity index (χ0v) is 3.94. The molecule has 2 nitrogen and oxygen atoms in total. The predicted octanol–water partition coefficient (Wildman–Crippen LogP) is -0.808. The van der Waals surface area contributed by atoms with E-state index in [0.717, 1.165) is 13.1 Å². The van der Waals surface area contributed by atoms with E-state index >= 15 is 0 Å². The first-order valence-electron chi connectivity index (χ1n) is 2.23. The summed E-state index contributed by atoms with van der Waals surface area (Å²) in [5.41, 5.74) is 0. The molecule has 6 heavy (non-hydrogen) atoms. The third-order valence-electron chi connectivity index (χ3n) is 1.13. The number of hydrogen-bond donors (Lipinski definition) is 1. The highest BCUT2D eigenvalue weighted by molar-refractivity contribution is 4.78. The summed E-state index contributed by atoms with van der Waals surface area (Å²) in [6.45, 7) is 2.19. The minimum Gasteiger partial charge on any atom is -0.313 e. The van der Waals surface area contributed by atoms with Crippen molar-refractivity contribution in [3.63, 3.8) is 0 Å². The van der Waals surface area contributed by atoms with Crippen LogP contribution in [-0.2, 0) is 0 Å². The summed E-state index contributed by atoms with van der Waals surface area (Å²) in [7, 11) is 1.87. The van der Waals surface area contributed by atoms with Gasteiger partial charge in [-0.2, -0.15) is 0 Å². The van der Waals surface area contributed by atoms with Crippen LogP contribution in [-0.4, -0.2) is 26.2 Å². The zero-order valence-electron chi connectivity index (χ0n) is 3.94. The highest BCUT2D eigenvalue weighted by atomic mass is 15.1. The van der Waals surface area contributed by atoms with Crippen LogP contribution in [0.4, 0.5) is 0 Å². The van der Waals surface area contributed by atoms with Crippen LogP contribution < -0.4 is 10.6 Å². The van der Waals surface area contributed by atoms with Crippen molar-refractivity contribution in [3.8, 4) is 0 Å². The van der Waals surface area contributed by atoms with Crippen LogP contribution >= 0.6 is 0 Å². The average Bonchev–Trinajstić information content (AvgIpc) is 1.31. The second kappa shape index (κ2) is 1.58. The summed E-state index contributed by atoms with van der Waals surface area (Å²) >= 11 is 0. The molecule has 1 radical (unpaired) electrons. The predicted molar refractivity (Wildman–Crippen MR) is 24.7 cm³/mol. The van der Waals surface area contributed by atoms with Crippen molar-refractivity contribution in [1.29, 1.82) is 0 Å². The normalized spacial score (nSPS) is 23.5. The summed E-state index contributed by atoms with van der Waals surface area (Å²) < 4.78 is 0. The monoisotopic (exact) mass is 85.1 g/mol. The fraction of sp³-hybridized carbons (Fsp3) is 1.00. The Labute approximate surface area is 37.9 Å². The molecule has 0 amide bonds. The Morgan fingerprint density at radius 1 is 1.67 bits per heavy atom. The van der Waals surface area contributed by atoms with Gasteiger partial charge >= 0.3 is 0 Å². The molecule has 0 spiro atoms. The Kier molecular flexibility index (Phi) is 1.08. The Morgan fingerprint density at radius 3 is 2.33 bits per heavy atom. The lowest BCUT2D eigenvalue weighted by Crippen LogP contribution is -2.51. The second-order valence-corrected chi connectivity index (χ2v) is 1.57. The van der Waals surface area contributed by atoms with Crippen molar-refractivity contribution in [1.82, 2.24) is 10.6 Å². The van der Waals surface area contributed by atoms with E-state index in [0.29, 0.717) is 6.04 Å². The Balaban J connectivity index is 2.01. The van der Waals surface area contributed by atoms with Gasteiger partial charge in [-0.25, -0.2) is 5.32 Å². The van der Waals surface area contributed by atoms with Gasteiger partial charge in [-0.05, 0) is 0 Å². The largest absolute Gasteiger partial charge is 0.313 e. The molecular formula is C4H9N2. The smallest absolute Gasteiger partial charge is 0.0492 e. The molecule has 0 aliphatic carbocycles. The van der Waals surface area contributed by atoms with Crippen molar-refractivity contribution in [2.75, 3.05) is 20.1 Å². The molecule has 0 aromatic carbocycles. The first kappa shape index (κ1) is 4.09. The molecule has 0 aromatic heterocycles. The summed E-state index contributed by atoms with van der Waals surface area (Å²) in [6, 6.07) is 0.630. The van der Waals surface area contributed by atoms with Crippen LogP contribution in [0.5, 0.6) is 0 Å². The molecule has 1 rings (SSSR count). The van der Waals surface area contributed by atoms with E-state index in [-0.39, 0.29) is 0 Å². The Bertz CT molecular complexity index is 38.1. The van der Waals surface area contributed by atoms with Gasteiger partial charge in [-0.15, -0.1) is 0 Å². The van der Waals surface area contributed by atoms with Gasteiger partial charge in [0.2, 0.25) is 0 Å². The van der Waals surface area contributed by atoms with Crippen LogP contribution in [0.1, 0.15) is 0 Å². The maximum absolute atomic E-state index is 4.03. The molecule has 1 aliphatic rings. The first-order chi connectivity index (χ1) is 2.93. The highest BCUT2D eigenvalue weighted by Gasteiger charge is 2.13. The number of likely N-dealkylation sites (N-methyl/N-ethyl adjacent to an activating group) is 1. The fourth-order valence-corrected chi connectivity index (χ4v) is 0.456. The van der Waals surface area contributed by atoms with Crippen LogP contribution in [0.15, 0.2) is 0 Å². The molecule has 1 heterocycles. The molecule has 2 heteroatoms. The third kappa shape index (κ3) is 0.533. The molecule has 0 bridgehead atoms. The second-order valence-electron chi connectivity index (χ2n) is 1.57. The van der Waals surface area contributed by atoms with Gasteiger partial charge in [0.25, 0.3) is 0 Å². The molecule has 1 N–H and O–H groups in total. The Hall–Kier alpha value is -0.0800. The van der Waals surface area contributed by atoms with Crippen LogP contribution in [0, 0.1) is 0 Å². The van der Waals surface area contributed by atoms with E-state index < -0.39 is 0 Å². The summed E-state index contributed by atoms with van der Waals surface area (Å²) in [5, 5.41) is 7.15. The van der Waals surface area contributed by atoms with Crippen molar-refractivity contribution >= 4 is 0 Å². The van der Waals surface area contributed by atoms with E-state index in [9.17, 15) is 0 Å². The van der Waals surface area contributed by atoms with Crippen molar-refractivity contribution < 1.29 is 0 Å². The zero-order chi connectivity index (χ0) is 4.41. The standard InChI is InChI=1S/C4H9N2/c1-5-4-2-6-3-4/h4,6H,2-3H2,1H3. The number of nitrogens with zero attached hydrogens (tertiary/aromatic N) is 1. The van der Waals surface area contributed by atoms with Gasteiger partial charge in [-0.3, -0.25) is 0 Å². The minimum absolute atomic E-state index is 0.630. The van der Waals surface area contributed by atoms with Crippen LogP contribution in [0.2, 0.25) is 0 Å². The first-order valence-corrected chi connectivity index (χ1v) is 2.23. The van der Waals surface area contributed by atoms with Crippen molar-refractivity contribution in [2.24, 2.45) is 0 Å². The Morgan fingerprint density at radius 2 is 2.33 bits per heavy atom. The molecule has 35 valence electrons. The maximum atomic E-state index is 4.03. The molecule has 0 saturated carbocycles. The summed E-state index contributed by atoms with van der Waals surface area (Å²) in [4.78, 5) is 0. The number of hydrogen-bond acceptors (Lipinski definition) is 1. The molecule has 1 saturated heterocycles. The van der Waals surface area contributed by atoms with E-state index in [1.165, 1.54) is 0 Å². The van der Waals surface area contributed by atoms with Gasteiger partial charge in [0.1, 0.15) is 0 Å². The van der Waals surface area contributed by atoms with Crippen LogP contribution in [0.25, 0.3) is 0 Å². The van der Waals surface area contributed by atoms with E-state index in [1.807, 2.05) is 7.05 Å². The summed E-state index contributed by atoms with van der Waals surface area (Å²) in [6.07, 6.45) is 0. The van der Waals surface area contributed by atoms with Crippen molar-refractivity contribution in [2.45, 2.75) is 6.04 Å². The number of rotatable bonds is 1. The molecule has 0 unspecified atom stereocenters. The number of nitrogens with one attached hydrogen (secondary N) is 1. The van der Waals surface area contributed by atoms with E-state index in [1.54, 1.807) is 0 Å². The molecular weight excluding hydrogens is 76.1 g/mol. The molecule has 1 fully saturated rings. The topological polar surface area (TPSA) is 26.1 Å². The van der Waals surface area contributed by atoms with Gasteiger partial charge in [0.15, 0.2) is 0 Å². The van der Waals surface area contributed by atoms with Crippen LogP contribution in [0.3, 0.4) is 0 Å². The lowest BCUT2D eigenvalue weighted by molar-refractivity contribution is 0.384. The van der Waals surface area contributed by atoms with Crippen molar-refractivity contribution in [3.05, 3.63) is 0 Å². The molecule has 0 atom stereocenters. The minimum atomic E-state index is 0.630. The van der Waals surface area contributed by atoms with Gasteiger partial charge < -0.3 is 5.32 Å². The average molecular weight is 85.1 g/mol. The van der Waals surface area contributed by atoms with Gasteiger partial charge in [0, 0.05) is 26.2 Å².